The summed E-state index contributed by atoms with van der Waals surface area (Å²) in [6, 6.07) is 20.5. The van der Waals surface area contributed by atoms with Gasteiger partial charge in [-0.25, -0.2) is 13.2 Å². The number of para-hydroxylation sites is 1. The van der Waals surface area contributed by atoms with Gasteiger partial charge in [-0.2, -0.15) is 9.23 Å². The van der Waals surface area contributed by atoms with Crippen LogP contribution in [0.2, 0.25) is 0 Å². The fourth-order valence-electron chi connectivity index (χ4n) is 6.79. The van der Waals surface area contributed by atoms with E-state index in [2.05, 4.69) is 22.8 Å². The first-order chi connectivity index (χ1) is 22.3. The monoisotopic (exact) mass is 642 g/mol. The van der Waals surface area contributed by atoms with E-state index in [0.717, 1.165) is 45.6 Å². The smallest absolute Gasteiger partial charge is 0.344 e. The Bertz CT molecular complexity index is 1940. The van der Waals surface area contributed by atoms with Crippen molar-refractivity contribution >= 4 is 27.0 Å². The van der Waals surface area contributed by atoms with E-state index < -0.39 is 21.8 Å². The normalized spacial score (nSPS) is 18.5. The topological polar surface area (TPSA) is 121 Å². The summed E-state index contributed by atoms with van der Waals surface area (Å²) < 4.78 is 35.7. The number of imidazole rings is 1. The van der Waals surface area contributed by atoms with Gasteiger partial charge in [-0.05, 0) is 55.3 Å². The van der Waals surface area contributed by atoms with E-state index in [1.54, 1.807) is 41.3 Å². The van der Waals surface area contributed by atoms with Gasteiger partial charge in [0.2, 0.25) is 0 Å². The molecule has 2 saturated heterocycles. The summed E-state index contributed by atoms with van der Waals surface area (Å²) in [4.78, 5) is 35.6. The van der Waals surface area contributed by atoms with Crippen molar-refractivity contribution in [3.8, 4) is 11.8 Å². The predicted molar refractivity (Wildman–Crippen MR) is 174 cm³/mol. The molecule has 11 nitrogen and oxygen atoms in total. The Morgan fingerprint density at radius 2 is 1.70 bits per heavy atom. The Morgan fingerprint density at radius 1 is 0.978 bits per heavy atom. The van der Waals surface area contributed by atoms with Gasteiger partial charge < -0.3 is 14.5 Å². The predicted octanol–water partition coefficient (Wildman–Crippen LogP) is 3.14. The van der Waals surface area contributed by atoms with Gasteiger partial charge in [0.25, 0.3) is 15.9 Å². The molecule has 1 aromatic heterocycles. The molecule has 0 saturated carbocycles. The standard InChI is InChI=1S/C34H38N6O5S/c1-3-16-36-18-20-37(21-19-36)27-15-17-38(24-27)33(41)32(26-9-5-4-6-10-26)39-29-22-25(23-35)13-14-28(29)40(34(39)42)46(43,44)31-12-8-7-11-30(31)45-2/h4-14,22,27,32H,3,15-21,24H2,1-2H3. The molecule has 2 atom stereocenters. The van der Waals surface area contributed by atoms with Crippen LogP contribution in [0.1, 0.15) is 36.9 Å². The third-order valence-electron chi connectivity index (χ3n) is 9.10. The Kier molecular flexibility index (Phi) is 8.99. The number of nitrogens with zero attached hydrogens (tertiary/aromatic N) is 6. The highest BCUT2D eigenvalue weighted by Crippen LogP contribution is 2.31. The molecule has 12 heteroatoms. The summed E-state index contributed by atoms with van der Waals surface area (Å²) in [5.41, 5.74) is 0.111. The van der Waals surface area contributed by atoms with Crippen LogP contribution in [-0.2, 0) is 14.8 Å². The summed E-state index contributed by atoms with van der Waals surface area (Å²) in [7, 11) is -3.13. The van der Waals surface area contributed by atoms with Crippen LogP contribution in [0.4, 0.5) is 0 Å². The van der Waals surface area contributed by atoms with Crippen LogP contribution in [0.25, 0.3) is 11.0 Å². The lowest BCUT2D eigenvalue weighted by Gasteiger charge is -2.38. The molecule has 3 aromatic carbocycles. The minimum Gasteiger partial charge on any atom is -0.495 e. The first kappa shape index (κ1) is 31.5. The van der Waals surface area contributed by atoms with E-state index >= 15 is 0 Å². The molecule has 2 aliphatic rings. The number of methoxy groups -OCH3 is 1. The van der Waals surface area contributed by atoms with Crippen molar-refractivity contribution in [2.45, 2.75) is 36.7 Å². The van der Waals surface area contributed by atoms with Gasteiger partial charge in [0.05, 0.1) is 29.8 Å². The van der Waals surface area contributed by atoms with Gasteiger partial charge in [-0.1, -0.05) is 49.4 Å². The average molecular weight is 643 g/mol. The lowest BCUT2D eigenvalue weighted by molar-refractivity contribution is -0.132. The van der Waals surface area contributed by atoms with Crippen molar-refractivity contribution < 1.29 is 17.9 Å². The highest BCUT2D eigenvalue weighted by atomic mass is 32.2. The molecule has 2 fully saturated rings. The number of rotatable bonds is 9. The molecule has 6 rings (SSSR count). The summed E-state index contributed by atoms with van der Waals surface area (Å²) in [6.07, 6.45) is 1.94. The minimum absolute atomic E-state index is 0.0629. The Balaban J connectivity index is 1.44. The molecule has 0 N–H and O–H groups in total. The second kappa shape index (κ2) is 13.1. The molecule has 2 aliphatic heterocycles. The first-order valence-electron chi connectivity index (χ1n) is 15.6. The molecular formula is C34H38N6O5S. The number of ether oxygens (including phenoxy) is 1. The third kappa shape index (κ3) is 5.70. The SMILES string of the molecule is CCCN1CCN(C2CCN(C(=O)C(c3ccccc3)n3c(=O)n(S(=O)(=O)c4ccccc4OC)c4ccc(C#N)cc43)C2)CC1. The van der Waals surface area contributed by atoms with Crippen molar-refractivity contribution in [1.29, 1.82) is 5.26 Å². The molecule has 0 aliphatic carbocycles. The number of carbonyl (C=O) groups is 1. The van der Waals surface area contributed by atoms with Gasteiger partial charge in [-0.3, -0.25) is 14.3 Å². The van der Waals surface area contributed by atoms with Crippen LogP contribution >= 0.6 is 0 Å². The van der Waals surface area contributed by atoms with Crippen LogP contribution in [0.5, 0.6) is 5.75 Å². The minimum atomic E-state index is -4.49. The zero-order valence-corrected chi connectivity index (χ0v) is 26.9. The van der Waals surface area contributed by atoms with E-state index in [-0.39, 0.29) is 39.2 Å². The number of hydrogen-bond donors (Lipinski definition) is 0. The van der Waals surface area contributed by atoms with Crippen LogP contribution in [0.3, 0.4) is 0 Å². The first-order valence-corrected chi connectivity index (χ1v) is 17.1. The van der Waals surface area contributed by atoms with Crippen LogP contribution < -0.4 is 10.4 Å². The average Bonchev–Trinajstić information content (AvgIpc) is 3.69. The van der Waals surface area contributed by atoms with Gasteiger partial charge in [-0.15, -0.1) is 0 Å². The Morgan fingerprint density at radius 3 is 2.39 bits per heavy atom. The number of carbonyl (C=O) groups excluding carboxylic acids is 1. The fourth-order valence-corrected chi connectivity index (χ4v) is 8.35. The quantitative estimate of drug-likeness (QED) is 0.273. The number of piperazine rings is 1. The van der Waals surface area contributed by atoms with Crippen molar-refractivity contribution in [2.75, 3.05) is 52.9 Å². The largest absolute Gasteiger partial charge is 0.495 e. The van der Waals surface area contributed by atoms with Crippen molar-refractivity contribution in [3.63, 3.8) is 0 Å². The number of benzene rings is 3. The highest BCUT2D eigenvalue weighted by Gasteiger charge is 2.39. The van der Waals surface area contributed by atoms with E-state index in [1.165, 1.54) is 42.0 Å². The van der Waals surface area contributed by atoms with E-state index in [1.807, 2.05) is 6.07 Å². The third-order valence-corrected chi connectivity index (χ3v) is 10.8. The molecule has 240 valence electrons. The summed E-state index contributed by atoms with van der Waals surface area (Å²) >= 11 is 0. The van der Waals surface area contributed by atoms with Crippen LogP contribution in [-0.4, -0.2) is 96.5 Å². The maximum atomic E-state index is 14.6. The van der Waals surface area contributed by atoms with E-state index in [9.17, 15) is 23.3 Å². The number of amides is 1. The van der Waals surface area contributed by atoms with Crippen LogP contribution in [0.15, 0.2) is 82.5 Å². The summed E-state index contributed by atoms with van der Waals surface area (Å²) in [5.74, 6) is -0.213. The summed E-state index contributed by atoms with van der Waals surface area (Å²) in [6.45, 7) is 8.21. The lowest BCUT2D eigenvalue weighted by atomic mass is 10.0. The van der Waals surface area contributed by atoms with Crippen LogP contribution in [0, 0.1) is 11.3 Å². The number of aromatic nitrogens is 2. The van der Waals surface area contributed by atoms with Gasteiger partial charge in [0.15, 0.2) is 0 Å². The fraction of sp³-hybridized carbons (Fsp3) is 0.382. The van der Waals surface area contributed by atoms with E-state index in [0.29, 0.717) is 22.6 Å². The molecule has 2 unspecified atom stereocenters. The Labute approximate surface area is 268 Å². The van der Waals surface area contributed by atoms with Crippen molar-refractivity contribution in [1.82, 2.24) is 23.2 Å². The zero-order chi connectivity index (χ0) is 32.4. The maximum Gasteiger partial charge on any atom is 0.344 e. The van der Waals surface area contributed by atoms with Gasteiger partial charge >= 0.3 is 5.69 Å². The molecule has 3 heterocycles. The molecule has 0 spiro atoms. The molecular weight excluding hydrogens is 604 g/mol. The number of hydrogen-bond acceptors (Lipinski definition) is 8. The zero-order valence-electron chi connectivity index (χ0n) is 26.1. The maximum absolute atomic E-state index is 14.6. The number of fused-ring (bicyclic) bond motifs is 1. The molecule has 4 aromatic rings. The van der Waals surface area contributed by atoms with Gasteiger partial charge in [0, 0.05) is 45.3 Å². The second-order valence-electron chi connectivity index (χ2n) is 11.8. The number of nitriles is 1. The highest BCUT2D eigenvalue weighted by molar-refractivity contribution is 7.90. The molecule has 1 amide bonds. The van der Waals surface area contributed by atoms with Crippen molar-refractivity contribution in [3.05, 3.63) is 94.4 Å². The molecule has 46 heavy (non-hydrogen) atoms. The lowest BCUT2D eigenvalue weighted by Crippen LogP contribution is -2.51. The molecule has 0 radical (unpaired) electrons. The van der Waals surface area contributed by atoms with E-state index in [4.69, 9.17) is 4.74 Å². The van der Waals surface area contributed by atoms with Gasteiger partial charge in [0.1, 0.15) is 16.7 Å². The second-order valence-corrected chi connectivity index (χ2v) is 13.6. The van der Waals surface area contributed by atoms with Crippen molar-refractivity contribution in [2.24, 2.45) is 0 Å². The molecule has 0 bridgehead atoms. The summed E-state index contributed by atoms with van der Waals surface area (Å²) in [5, 5.41) is 9.75. The Hall–Kier alpha value is -4.44. The number of likely N-dealkylation sites (tertiary alicyclic amines) is 1.